The minimum atomic E-state index is -0.548. The Labute approximate surface area is 143 Å². The van der Waals surface area contributed by atoms with Crippen molar-refractivity contribution in [3.05, 3.63) is 25.5 Å². The quantitative estimate of drug-likeness (QED) is 0.305. The van der Waals surface area contributed by atoms with Crippen LogP contribution >= 0.6 is 62.7 Å². The molecule has 1 aromatic carbocycles. The lowest BCUT2D eigenvalue weighted by atomic mass is 10.2. The van der Waals surface area contributed by atoms with Crippen molar-refractivity contribution in [1.29, 1.82) is 0 Å². The van der Waals surface area contributed by atoms with Crippen LogP contribution < -0.4 is 5.73 Å². The minimum Gasteiger partial charge on any atom is -0.465 e. The summed E-state index contributed by atoms with van der Waals surface area (Å²) in [6, 6.07) is 1.16. The molecule has 0 aliphatic rings. The molecule has 0 aliphatic heterocycles. The molecule has 0 heterocycles. The molecule has 0 spiro atoms. The standard InChI is InChI=1S/C11H12BrFINO2S.ClH/c1-5(15)4-18-10-8(12)7(13)3-6(9(10)14)11(16)17-2;/h3,5H,4,15H2,1-2H3;1H/t5-;/m0./s1. The third-order valence-corrected chi connectivity index (χ3v) is 5.93. The predicted molar refractivity (Wildman–Crippen MR) is 89.8 cm³/mol. The van der Waals surface area contributed by atoms with Crippen molar-refractivity contribution in [3.63, 3.8) is 0 Å². The summed E-state index contributed by atoms with van der Waals surface area (Å²) in [5, 5.41) is 0. The highest BCUT2D eigenvalue weighted by atomic mass is 127. The van der Waals surface area contributed by atoms with Crippen molar-refractivity contribution in [2.45, 2.75) is 17.9 Å². The van der Waals surface area contributed by atoms with Gasteiger partial charge in [-0.15, -0.1) is 24.2 Å². The van der Waals surface area contributed by atoms with Crippen LogP contribution in [-0.2, 0) is 4.74 Å². The maximum atomic E-state index is 13.7. The molecule has 19 heavy (non-hydrogen) atoms. The Kier molecular flexibility index (Phi) is 8.85. The van der Waals surface area contributed by atoms with E-state index in [1.165, 1.54) is 24.9 Å². The van der Waals surface area contributed by atoms with E-state index in [2.05, 4.69) is 20.7 Å². The zero-order chi connectivity index (χ0) is 13.9. The van der Waals surface area contributed by atoms with Gasteiger partial charge in [-0.05, 0) is 51.5 Å². The van der Waals surface area contributed by atoms with Crippen molar-refractivity contribution in [3.8, 4) is 0 Å². The van der Waals surface area contributed by atoms with Crippen molar-refractivity contribution in [1.82, 2.24) is 0 Å². The van der Waals surface area contributed by atoms with Gasteiger partial charge in [0.25, 0.3) is 0 Å². The molecule has 0 unspecified atom stereocenters. The second-order valence-corrected chi connectivity index (χ2v) is 6.54. The number of thioether (sulfide) groups is 1. The number of rotatable bonds is 4. The lowest BCUT2D eigenvalue weighted by molar-refractivity contribution is 0.0598. The molecular formula is C11H13BrClFINO2S. The lowest BCUT2D eigenvalue weighted by Gasteiger charge is -2.12. The summed E-state index contributed by atoms with van der Waals surface area (Å²) in [6.07, 6.45) is 0. The van der Waals surface area contributed by atoms with Crippen LogP contribution in [0.1, 0.15) is 17.3 Å². The van der Waals surface area contributed by atoms with Gasteiger partial charge in [-0.2, -0.15) is 0 Å². The van der Waals surface area contributed by atoms with Crippen molar-refractivity contribution < 1.29 is 13.9 Å². The molecule has 108 valence electrons. The Morgan fingerprint density at radius 3 is 2.74 bits per heavy atom. The fraction of sp³-hybridized carbons (Fsp3) is 0.364. The van der Waals surface area contributed by atoms with Crippen LogP contribution in [0.3, 0.4) is 0 Å². The largest absolute Gasteiger partial charge is 0.465 e. The zero-order valence-electron chi connectivity index (χ0n) is 10.2. The summed E-state index contributed by atoms with van der Waals surface area (Å²) >= 11 is 6.61. The van der Waals surface area contributed by atoms with Crippen LogP contribution in [0.15, 0.2) is 15.4 Å². The number of carbonyl (C=O) groups is 1. The van der Waals surface area contributed by atoms with E-state index >= 15 is 0 Å². The molecule has 1 rings (SSSR count). The van der Waals surface area contributed by atoms with Crippen LogP contribution in [0, 0.1) is 9.39 Å². The number of halogens is 4. The maximum Gasteiger partial charge on any atom is 0.339 e. The lowest BCUT2D eigenvalue weighted by Crippen LogP contribution is -2.17. The first-order valence-corrected chi connectivity index (χ1v) is 7.88. The molecular weight excluding hydrogens is 471 g/mol. The van der Waals surface area contributed by atoms with Crippen LogP contribution in [0.4, 0.5) is 4.39 Å². The number of carbonyl (C=O) groups excluding carboxylic acids is 1. The first-order valence-electron chi connectivity index (χ1n) is 5.02. The van der Waals surface area contributed by atoms with Gasteiger partial charge < -0.3 is 10.5 Å². The zero-order valence-corrected chi connectivity index (χ0v) is 15.6. The molecule has 3 nitrogen and oxygen atoms in total. The second-order valence-electron chi connectivity index (χ2n) is 3.64. The van der Waals surface area contributed by atoms with E-state index < -0.39 is 11.8 Å². The number of benzene rings is 1. The van der Waals surface area contributed by atoms with Crippen LogP contribution in [0.2, 0.25) is 0 Å². The van der Waals surface area contributed by atoms with Crippen molar-refractivity contribution in [2.75, 3.05) is 12.9 Å². The minimum absolute atomic E-state index is 0. The number of methoxy groups -OCH3 is 1. The average molecular weight is 485 g/mol. The Hall–Kier alpha value is 0.430. The van der Waals surface area contributed by atoms with Crippen molar-refractivity contribution >= 4 is 68.7 Å². The van der Waals surface area contributed by atoms with E-state index in [9.17, 15) is 9.18 Å². The van der Waals surface area contributed by atoms with Gasteiger partial charge in [0.1, 0.15) is 5.82 Å². The molecule has 2 N–H and O–H groups in total. The summed E-state index contributed by atoms with van der Waals surface area (Å²) in [4.78, 5) is 12.2. The molecule has 0 aromatic heterocycles. The van der Waals surface area contributed by atoms with E-state index in [1.54, 1.807) is 0 Å². The molecule has 0 bridgehead atoms. The van der Waals surface area contributed by atoms with Crippen LogP contribution in [0.5, 0.6) is 0 Å². The van der Waals surface area contributed by atoms with Crippen LogP contribution in [0.25, 0.3) is 0 Å². The molecule has 0 aliphatic carbocycles. The van der Waals surface area contributed by atoms with E-state index in [1.807, 2.05) is 29.5 Å². The van der Waals surface area contributed by atoms with Gasteiger partial charge >= 0.3 is 5.97 Å². The number of hydrogen-bond donors (Lipinski definition) is 1. The SMILES string of the molecule is COC(=O)c1cc(F)c(Br)c(SC[C@H](C)N)c1I.Cl. The van der Waals surface area contributed by atoms with E-state index in [0.29, 0.717) is 18.7 Å². The maximum absolute atomic E-state index is 13.7. The average Bonchev–Trinajstić information content (AvgIpc) is 2.32. The van der Waals surface area contributed by atoms with Gasteiger partial charge in [-0.3, -0.25) is 0 Å². The van der Waals surface area contributed by atoms with Gasteiger partial charge in [0.2, 0.25) is 0 Å². The first kappa shape index (κ1) is 19.4. The topological polar surface area (TPSA) is 52.3 Å². The van der Waals surface area contributed by atoms with Crippen molar-refractivity contribution in [2.24, 2.45) is 5.73 Å². The summed E-state index contributed by atoms with van der Waals surface area (Å²) in [5.74, 6) is -0.394. The summed E-state index contributed by atoms with van der Waals surface area (Å²) in [6.45, 7) is 1.87. The number of esters is 1. The summed E-state index contributed by atoms with van der Waals surface area (Å²) < 4.78 is 19.4. The molecule has 8 heteroatoms. The fourth-order valence-electron chi connectivity index (χ4n) is 1.18. The molecule has 0 fully saturated rings. The second kappa shape index (κ2) is 8.66. The molecule has 0 radical (unpaired) electrons. The number of hydrogen-bond acceptors (Lipinski definition) is 4. The summed E-state index contributed by atoms with van der Waals surface area (Å²) in [7, 11) is 1.27. The smallest absolute Gasteiger partial charge is 0.339 e. The Morgan fingerprint density at radius 1 is 1.68 bits per heavy atom. The Morgan fingerprint density at radius 2 is 2.26 bits per heavy atom. The monoisotopic (exact) mass is 483 g/mol. The van der Waals surface area contributed by atoms with Crippen LogP contribution in [-0.4, -0.2) is 24.9 Å². The van der Waals surface area contributed by atoms with Gasteiger partial charge in [0, 0.05) is 20.3 Å². The summed E-state index contributed by atoms with van der Waals surface area (Å²) in [5.41, 5.74) is 5.91. The third kappa shape index (κ3) is 5.04. The van der Waals surface area contributed by atoms with Gasteiger partial charge in [0.15, 0.2) is 0 Å². The molecule has 1 aromatic rings. The number of ether oxygens (including phenoxy) is 1. The molecule has 1 atom stereocenters. The van der Waals surface area contributed by atoms with E-state index in [0.717, 1.165) is 0 Å². The van der Waals surface area contributed by atoms with Gasteiger partial charge in [-0.1, -0.05) is 0 Å². The highest BCUT2D eigenvalue weighted by Gasteiger charge is 2.20. The normalized spacial score (nSPS) is 11.7. The highest BCUT2D eigenvalue weighted by Crippen LogP contribution is 2.36. The molecule has 0 saturated carbocycles. The Bertz CT molecular complexity index is 476. The van der Waals surface area contributed by atoms with E-state index in [4.69, 9.17) is 5.73 Å². The van der Waals surface area contributed by atoms with Gasteiger partial charge in [-0.25, -0.2) is 9.18 Å². The van der Waals surface area contributed by atoms with Gasteiger partial charge in [0.05, 0.1) is 17.1 Å². The molecule has 0 saturated heterocycles. The first-order chi connectivity index (χ1) is 8.38. The highest BCUT2D eigenvalue weighted by molar-refractivity contribution is 14.1. The third-order valence-electron chi connectivity index (χ3n) is 2.01. The Balaban J connectivity index is 0.00000324. The van der Waals surface area contributed by atoms with E-state index in [-0.39, 0.29) is 24.0 Å². The number of nitrogens with two attached hydrogens (primary N) is 1. The molecule has 0 amide bonds. The fourth-order valence-corrected chi connectivity index (χ4v) is 4.21. The predicted octanol–water partition coefficient (Wildman–Crippen LogP) is 3.84.